The van der Waals surface area contributed by atoms with Crippen LogP contribution >= 0.6 is 0 Å². The van der Waals surface area contributed by atoms with Crippen LogP contribution < -0.4 is 0 Å². The molecular formula is C16H11F4N. The number of fused-ring (bicyclic) bond motifs is 1. The van der Waals surface area contributed by atoms with Crippen molar-refractivity contribution in [2.75, 3.05) is 0 Å². The van der Waals surface area contributed by atoms with Crippen LogP contribution in [0, 0.1) is 5.82 Å². The van der Waals surface area contributed by atoms with Gasteiger partial charge in [0.15, 0.2) is 0 Å². The van der Waals surface area contributed by atoms with E-state index in [0.717, 1.165) is 17.5 Å². The van der Waals surface area contributed by atoms with E-state index < -0.39 is 11.7 Å². The summed E-state index contributed by atoms with van der Waals surface area (Å²) in [6.45, 7) is 0.261. The second-order valence-corrected chi connectivity index (χ2v) is 4.84. The van der Waals surface area contributed by atoms with Crippen molar-refractivity contribution in [3.63, 3.8) is 0 Å². The van der Waals surface area contributed by atoms with E-state index in [1.165, 1.54) is 18.2 Å². The standard InChI is InChI=1S/C16H11F4N/c17-14-5-4-12-6-7-21(15(12)9-14)10-11-2-1-3-13(8-11)16(18,19)20/h1-9H,10H2. The summed E-state index contributed by atoms with van der Waals surface area (Å²) in [5.41, 5.74) is 0.502. The highest BCUT2D eigenvalue weighted by Gasteiger charge is 2.30. The van der Waals surface area contributed by atoms with Gasteiger partial charge in [-0.05, 0) is 47.3 Å². The number of aromatic nitrogens is 1. The van der Waals surface area contributed by atoms with Gasteiger partial charge in [0.25, 0.3) is 0 Å². The molecule has 0 aliphatic rings. The van der Waals surface area contributed by atoms with Gasteiger partial charge in [0, 0.05) is 12.7 Å². The average Bonchev–Trinajstić information content (AvgIpc) is 2.81. The Hall–Kier alpha value is -2.30. The molecule has 0 unspecified atom stereocenters. The van der Waals surface area contributed by atoms with E-state index in [1.807, 2.05) is 6.07 Å². The van der Waals surface area contributed by atoms with E-state index in [0.29, 0.717) is 11.1 Å². The van der Waals surface area contributed by atoms with Gasteiger partial charge in [0.2, 0.25) is 0 Å². The molecule has 1 heterocycles. The predicted octanol–water partition coefficient (Wildman–Crippen LogP) is 4.85. The van der Waals surface area contributed by atoms with Crippen molar-refractivity contribution in [2.45, 2.75) is 12.7 Å². The highest BCUT2D eigenvalue weighted by molar-refractivity contribution is 5.80. The van der Waals surface area contributed by atoms with Gasteiger partial charge in [0.05, 0.1) is 11.1 Å². The Morgan fingerprint density at radius 1 is 0.952 bits per heavy atom. The van der Waals surface area contributed by atoms with Gasteiger partial charge < -0.3 is 4.57 Å². The third-order valence-electron chi connectivity index (χ3n) is 3.34. The van der Waals surface area contributed by atoms with Gasteiger partial charge in [0.1, 0.15) is 5.82 Å². The first-order chi connectivity index (χ1) is 9.93. The van der Waals surface area contributed by atoms with Gasteiger partial charge >= 0.3 is 6.18 Å². The first-order valence-electron chi connectivity index (χ1n) is 6.34. The molecule has 108 valence electrons. The summed E-state index contributed by atoms with van der Waals surface area (Å²) >= 11 is 0. The van der Waals surface area contributed by atoms with Crippen molar-refractivity contribution in [1.29, 1.82) is 0 Å². The molecule has 0 amide bonds. The van der Waals surface area contributed by atoms with Crippen LogP contribution in [0.5, 0.6) is 0 Å². The summed E-state index contributed by atoms with van der Waals surface area (Å²) in [6.07, 6.45) is -2.62. The van der Waals surface area contributed by atoms with Crippen LogP contribution in [0.1, 0.15) is 11.1 Å². The summed E-state index contributed by atoms with van der Waals surface area (Å²) in [6, 6.07) is 11.3. The Kier molecular flexibility index (Phi) is 3.20. The molecule has 3 rings (SSSR count). The number of nitrogens with zero attached hydrogens (tertiary/aromatic N) is 1. The fraction of sp³-hybridized carbons (Fsp3) is 0.125. The van der Waals surface area contributed by atoms with Gasteiger partial charge in [-0.3, -0.25) is 0 Å². The summed E-state index contributed by atoms with van der Waals surface area (Å²) in [5.74, 6) is -0.369. The molecule has 5 heteroatoms. The second-order valence-electron chi connectivity index (χ2n) is 4.84. The third kappa shape index (κ3) is 2.77. The lowest BCUT2D eigenvalue weighted by Gasteiger charge is -2.10. The van der Waals surface area contributed by atoms with Crippen molar-refractivity contribution in [3.8, 4) is 0 Å². The molecule has 1 aromatic heterocycles. The fourth-order valence-electron chi connectivity index (χ4n) is 2.34. The zero-order valence-corrected chi connectivity index (χ0v) is 10.9. The van der Waals surface area contributed by atoms with Gasteiger partial charge in [-0.15, -0.1) is 0 Å². The summed E-state index contributed by atoms with van der Waals surface area (Å²) in [7, 11) is 0. The Labute approximate surface area is 118 Å². The van der Waals surface area contributed by atoms with Crippen molar-refractivity contribution in [1.82, 2.24) is 4.57 Å². The lowest BCUT2D eigenvalue weighted by Crippen LogP contribution is -2.06. The number of rotatable bonds is 2. The molecule has 0 fully saturated rings. The van der Waals surface area contributed by atoms with E-state index in [2.05, 4.69) is 0 Å². The van der Waals surface area contributed by atoms with Crippen molar-refractivity contribution < 1.29 is 17.6 Å². The normalized spacial score (nSPS) is 12.0. The van der Waals surface area contributed by atoms with E-state index in [9.17, 15) is 17.6 Å². The lowest BCUT2D eigenvalue weighted by atomic mass is 10.1. The van der Waals surface area contributed by atoms with E-state index in [1.54, 1.807) is 22.9 Å². The minimum absolute atomic E-state index is 0.261. The molecular weight excluding hydrogens is 282 g/mol. The minimum Gasteiger partial charge on any atom is -0.343 e. The number of halogens is 4. The van der Waals surface area contributed by atoms with Crippen LogP contribution in [0.3, 0.4) is 0 Å². The van der Waals surface area contributed by atoms with Crippen LogP contribution in [0.4, 0.5) is 17.6 Å². The second kappa shape index (κ2) is 4.91. The van der Waals surface area contributed by atoms with Gasteiger partial charge in [-0.25, -0.2) is 4.39 Å². The van der Waals surface area contributed by atoms with Crippen LogP contribution in [0.25, 0.3) is 10.9 Å². The Morgan fingerprint density at radius 2 is 1.76 bits per heavy atom. The lowest BCUT2D eigenvalue weighted by molar-refractivity contribution is -0.137. The molecule has 0 aliphatic heterocycles. The molecule has 0 aliphatic carbocycles. The molecule has 0 spiro atoms. The fourth-order valence-corrected chi connectivity index (χ4v) is 2.34. The van der Waals surface area contributed by atoms with Crippen LogP contribution in [0.2, 0.25) is 0 Å². The van der Waals surface area contributed by atoms with Gasteiger partial charge in [-0.1, -0.05) is 12.1 Å². The molecule has 0 atom stereocenters. The van der Waals surface area contributed by atoms with Crippen molar-refractivity contribution >= 4 is 10.9 Å². The molecule has 2 aromatic carbocycles. The largest absolute Gasteiger partial charge is 0.416 e. The maximum absolute atomic E-state index is 13.3. The summed E-state index contributed by atoms with van der Waals surface area (Å²) in [4.78, 5) is 0. The molecule has 1 nitrogen and oxygen atoms in total. The Balaban J connectivity index is 1.97. The topological polar surface area (TPSA) is 4.93 Å². The van der Waals surface area contributed by atoms with Gasteiger partial charge in [-0.2, -0.15) is 13.2 Å². The summed E-state index contributed by atoms with van der Waals surface area (Å²) in [5, 5.41) is 0.850. The van der Waals surface area contributed by atoms with Crippen LogP contribution in [0.15, 0.2) is 54.7 Å². The quantitative estimate of drug-likeness (QED) is 0.595. The first kappa shape index (κ1) is 13.7. The molecule has 21 heavy (non-hydrogen) atoms. The molecule has 0 saturated carbocycles. The number of benzene rings is 2. The minimum atomic E-state index is -4.36. The maximum atomic E-state index is 13.3. The number of hydrogen-bond donors (Lipinski definition) is 0. The Bertz CT molecular complexity index is 786. The molecule has 0 N–H and O–H groups in total. The summed E-state index contributed by atoms with van der Waals surface area (Å²) < 4.78 is 53.1. The molecule has 3 aromatic rings. The number of alkyl halides is 3. The Morgan fingerprint density at radius 3 is 2.52 bits per heavy atom. The smallest absolute Gasteiger partial charge is 0.343 e. The zero-order valence-electron chi connectivity index (χ0n) is 10.9. The van der Waals surface area contributed by atoms with E-state index in [4.69, 9.17) is 0 Å². The highest BCUT2D eigenvalue weighted by Crippen LogP contribution is 2.30. The van der Waals surface area contributed by atoms with Crippen molar-refractivity contribution in [3.05, 3.63) is 71.7 Å². The molecule has 0 saturated heterocycles. The highest BCUT2D eigenvalue weighted by atomic mass is 19.4. The van der Waals surface area contributed by atoms with E-state index in [-0.39, 0.29) is 12.4 Å². The zero-order chi connectivity index (χ0) is 15.0. The maximum Gasteiger partial charge on any atom is 0.416 e. The monoisotopic (exact) mass is 293 g/mol. The van der Waals surface area contributed by atoms with Crippen LogP contribution in [-0.2, 0) is 12.7 Å². The average molecular weight is 293 g/mol. The van der Waals surface area contributed by atoms with Crippen LogP contribution in [-0.4, -0.2) is 4.57 Å². The number of hydrogen-bond acceptors (Lipinski definition) is 0. The molecule has 0 bridgehead atoms. The van der Waals surface area contributed by atoms with Crippen molar-refractivity contribution in [2.24, 2.45) is 0 Å². The predicted molar refractivity (Wildman–Crippen MR) is 72.4 cm³/mol. The SMILES string of the molecule is Fc1ccc2ccn(Cc3cccc(C(F)(F)F)c3)c2c1. The third-order valence-corrected chi connectivity index (χ3v) is 3.34. The first-order valence-corrected chi connectivity index (χ1v) is 6.34. The molecule has 0 radical (unpaired) electrons. The van der Waals surface area contributed by atoms with E-state index >= 15 is 0 Å².